The van der Waals surface area contributed by atoms with Crippen LogP contribution in [0.2, 0.25) is 0 Å². The minimum Gasteiger partial charge on any atom is -0.490 e. The first-order chi connectivity index (χ1) is 8.80. The normalized spacial score (nSPS) is 11.0. The highest BCUT2D eigenvalue weighted by atomic mass is 19.4. The molecular formula is C10H10F3NO5. The number of hydrogen-bond acceptors (Lipinski definition) is 5. The molecule has 0 aromatic carbocycles. The van der Waals surface area contributed by atoms with Crippen molar-refractivity contribution >= 4 is 5.97 Å². The molecule has 0 unspecified atom stereocenters. The van der Waals surface area contributed by atoms with Gasteiger partial charge in [0.25, 0.3) is 5.56 Å². The van der Waals surface area contributed by atoms with Crippen LogP contribution < -0.4 is 15.0 Å². The first-order valence-corrected chi connectivity index (χ1v) is 5.02. The number of H-pyrrole nitrogens is 1. The molecule has 0 saturated heterocycles. The van der Waals surface area contributed by atoms with Crippen LogP contribution in [0.25, 0.3) is 0 Å². The van der Waals surface area contributed by atoms with Gasteiger partial charge in [-0.2, -0.15) is 0 Å². The Hall–Kier alpha value is -2.19. The van der Waals surface area contributed by atoms with Crippen LogP contribution in [0.5, 0.6) is 11.5 Å². The Morgan fingerprint density at radius 1 is 1.42 bits per heavy atom. The van der Waals surface area contributed by atoms with Gasteiger partial charge >= 0.3 is 12.3 Å². The number of pyridine rings is 1. The van der Waals surface area contributed by atoms with E-state index in [-0.39, 0.29) is 6.61 Å². The topological polar surface area (TPSA) is 77.6 Å². The van der Waals surface area contributed by atoms with E-state index in [0.29, 0.717) is 6.20 Å². The van der Waals surface area contributed by atoms with E-state index in [1.165, 1.54) is 6.92 Å². The standard InChI is InChI=1S/C10H10F3NO5/c1-3-18-9(16)6-5(19-10(11,12)13)4-14-8(15)7(6)17-2/h4H,3H2,1-2H3,(H,14,15). The summed E-state index contributed by atoms with van der Waals surface area (Å²) in [6.07, 6.45) is -4.41. The molecule has 106 valence electrons. The number of rotatable bonds is 4. The average Bonchev–Trinajstić information content (AvgIpc) is 2.29. The van der Waals surface area contributed by atoms with Crippen molar-refractivity contribution in [1.29, 1.82) is 0 Å². The molecular weight excluding hydrogens is 271 g/mol. The Labute approximate surface area is 105 Å². The molecule has 6 nitrogen and oxygen atoms in total. The molecule has 0 bridgehead atoms. The number of aromatic nitrogens is 1. The number of methoxy groups -OCH3 is 1. The molecule has 9 heteroatoms. The van der Waals surface area contributed by atoms with Crippen LogP contribution in [-0.4, -0.2) is 31.0 Å². The van der Waals surface area contributed by atoms with Crippen molar-refractivity contribution < 1.29 is 32.2 Å². The van der Waals surface area contributed by atoms with E-state index in [2.05, 4.69) is 14.2 Å². The van der Waals surface area contributed by atoms with Gasteiger partial charge in [-0.25, -0.2) is 4.79 Å². The van der Waals surface area contributed by atoms with E-state index in [0.717, 1.165) is 7.11 Å². The quantitative estimate of drug-likeness (QED) is 0.845. The third kappa shape index (κ3) is 3.63. The van der Waals surface area contributed by atoms with E-state index in [4.69, 9.17) is 0 Å². The summed E-state index contributed by atoms with van der Waals surface area (Å²) in [6.45, 7) is 1.38. The molecule has 1 heterocycles. The van der Waals surface area contributed by atoms with E-state index in [1.54, 1.807) is 0 Å². The molecule has 1 rings (SSSR count). The minimum absolute atomic E-state index is 0.0831. The van der Waals surface area contributed by atoms with Crippen LogP contribution in [-0.2, 0) is 4.74 Å². The fourth-order valence-corrected chi connectivity index (χ4v) is 1.29. The molecule has 0 amide bonds. The van der Waals surface area contributed by atoms with Crippen molar-refractivity contribution in [2.24, 2.45) is 0 Å². The van der Waals surface area contributed by atoms with E-state index >= 15 is 0 Å². The Morgan fingerprint density at radius 2 is 2.05 bits per heavy atom. The van der Waals surface area contributed by atoms with Crippen LogP contribution in [0.4, 0.5) is 13.2 Å². The maximum absolute atomic E-state index is 12.2. The summed E-state index contributed by atoms with van der Waals surface area (Å²) in [4.78, 5) is 24.9. The number of hydrogen-bond donors (Lipinski definition) is 1. The number of ether oxygens (including phenoxy) is 3. The summed E-state index contributed by atoms with van der Waals surface area (Å²) in [5.74, 6) is -2.66. The summed E-state index contributed by atoms with van der Waals surface area (Å²) in [6, 6.07) is 0. The fraction of sp³-hybridized carbons (Fsp3) is 0.400. The van der Waals surface area contributed by atoms with E-state index < -0.39 is 35.0 Å². The zero-order chi connectivity index (χ0) is 14.6. The minimum atomic E-state index is -5.02. The maximum Gasteiger partial charge on any atom is 0.573 e. The summed E-state index contributed by atoms with van der Waals surface area (Å²) < 4.78 is 49.4. The van der Waals surface area contributed by atoms with Crippen molar-refractivity contribution in [1.82, 2.24) is 4.98 Å². The van der Waals surface area contributed by atoms with Gasteiger partial charge in [-0.15, -0.1) is 13.2 Å². The van der Waals surface area contributed by atoms with Crippen LogP contribution in [0.15, 0.2) is 11.0 Å². The third-order valence-corrected chi connectivity index (χ3v) is 1.92. The van der Waals surface area contributed by atoms with Crippen LogP contribution >= 0.6 is 0 Å². The number of carbonyl (C=O) groups excluding carboxylic acids is 1. The Bertz CT molecular complexity index is 523. The molecule has 1 N–H and O–H groups in total. The summed E-state index contributed by atoms with van der Waals surface area (Å²) in [7, 11) is 1.03. The molecule has 1 aromatic heterocycles. The number of nitrogens with one attached hydrogen (secondary N) is 1. The van der Waals surface area contributed by atoms with Gasteiger partial charge in [0.2, 0.25) is 5.75 Å². The highest BCUT2D eigenvalue weighted by Crippen LogP contribution is 2.30. The highest BCUT2D eigenvalue weighted by Gasteiger charge is 2.35. The summed E-state index contributed by atoms with van der Waals surface area (Å²) in [5.41, 5.74) is -1.59. The maximum atomic E-state index is 12.2. The second-order valence-corrected chi connectivity index (χ2v) is 3.16. The van der Waals surface area contributed by atoms with Crippen molar-refractivity contribution in [2.75, 3.05) is 13.7 Å². The van der Waals surface area contributed by atoms with Crippen molar-refractivity contribution in [3.05, 3.63) is 22.1 Å². The largest absolute Gasteiger partial charge is 0.573 e. The van der Waals surface area contributed by atoms with E-state index in [1.807, 2.05) is 4.98 Å². The lowest BCUT2D eigenvalue weighted by Crippen LogP contribution is -2.23. The molecule has 19 heavy (non-hydrogen) atoms. The zero-order valence-electron chi connectivity index (χ0n) is 9.96. The summed E-state index contributed by atoms with van der Waals surface area (Å²) in [5, 5.41) is 0. The molecule has 1 aromatic rings. The smallest absolute Gasteiger partial charge is 0.490 e. The Morgan fingerprint density at radius 3 is 2.53 bits per heavy atom. The first kappa shape index (κ1) is 14.9. The molecule has 0 radical (unpaired) electrons. The number of aromatic amines is 1. The molecule has 0 saturated carbocycles. The lowest BCUT2D eigenvalue weighted by molar-refractivity contribution is -0.274. The summed E-state index contributed by atoms with van der Waals surface area (Å²) >= 11 is 0. The number of alkyl halides is 3. The third-order valence-electron chi connectivity index (χ3n) is 1.92. The Balaban J connectivity index is 3.38. The van der Waals surface area contributed by atoms with Crippen molar-refractivity contribution in [3.63, 3.8) is 0 Å². The lowest BCUT2D eigenvalue weighted by atomic mass is 10.2. The van der Waals surface area contributed by atoms with Gasteiger partial charge < -0.3 is 19.2 Å². The van der Waals surface area contributed by atoms with Crippen LogP contribution in [0.3, 0.4) is 0 Å². The van der Waals surface area contributed by atoms with Gasteiger partial charge in [0.1, 0.15) is 0 Å². The van der Waals surface area contributed by atoms with E-state index in [9.17, 15) is 22.8 Å². The van der Waals surface area contributed by atoms with Crippen LogP contribution in [0.1, 0.15) is 17.3 Å². The van der Waals surface area contributed by atoms with Gasteiger partial charge in [0.15, 0.2) is 11.3 Å². The molecule has 0 aliphatic carbocycles. The van der Waals surface area contributed by atoms with Gasteiger partial charge in [-0.05, 0) is 6.92 Å². The highest BCUT2D eigenvalue weighted by molar-refractivity contribution is 5.95. The fourth-order valence-electron chi connectivity index (χ4n) is 1.29. The molecule has 0 spiro atoms. The molecule has 0 fully saturated rings. The van der Waals surface area contributed by atoms with Gasteiger partial charge in [-0.3, -0.25) is 4.79 Å². The SMILES string of the molecule is CCOC(=O)c1c(OC(F)(F)F)c[nH]c(=O)c1OC. The predicted octanol–water partition coefficient (Wildman–Crippen LogP) is 1.46. The Kier molecular flexibility index (Phi) is 4.41. The number of esters is 1. The van der Waals surface area contributed by atoms with Gasteiger partial charge in [-0.1, -0.05) is 0 Å². The second-order valence-electron chi connectivity index (χ2n) is 3.16. The van der Waals surface area contributed by atoms with Gasteiger partial charge in [0.05, 0.1) is 13.7 Å². The average molecular weight is 281 g/mol. The molecule has 0 aliphatic rings. The molecule has 0 aliphatic heterocycles. The van der Waals surface area contributed by atoms with Crippen molar-refractivity contribution in [3.8, 4) is 11.5 Å². The lowest BCUT2D eigenvalue weighted by Gasteiger charge is -2.14. The zero-order valence-corrected chi connectivity index (χ0v) is 9.96. The monoisotopic (exact) mass is 281 g/mol. The first-order valence-electron chi connectivity index (χ1n) is 5.02. The van der Waals surface area contributed by atoms with Crippen molar-refractivity contribution in [2.45, 2.75) is 13.3 Å². The van der Waals surface area contributed by atoms with Crippen LogP contribution in [0, 0.1) is 0 Å². The predicted molar refractivity (Wildman–Crippen MR) is 56.3 cm³/mol. The number of carbonyl (C=O) groups is 1. The second kappa shape index (κ2) is 5.63. The molecule has 0 atom stereocenters. The number of halogens is 3. The van der Waals surface area contributed by atoms with Gasteiger partial charge in [0, 0.05) is 6.20 Å².